The number of carbonyl (C=O) groups excluding carboxylic acids is 2. The second-order valence-corrected chi connectivity index (χ2v) is 28.7. The summed E-state index contributed by atoms with van der Waals surface area (Å²) in [5.74, 6) is -2.98. The van der Waals surface area contributed by atoms with Crippen LogP contribution in [0.4, 0.5) is 0 Å². The monoisotopic (exact) mass is 1150 g/mol. The van der Waals surface area contributed by atoms with Gasteiger partial charge in [-0.1, -0.05) is 40.9 Å². The van der Waals surface area contributed by atoms with Crippen LogP contribution in [-0.2, 0) is 80.6 Å². The van der Waals surface area contributed by atoms with Crippen molar-refractivity contribution in [3.8, 4) is 0 Å². The van der Waals surface area contributed by atoms with E-state index in [0.29, 0.717) is 77.2 Å². The Hall–Kier alpha value is -2.02. The van der Waals surface area contributed by atoms with Gasteiger partial charge in [-0.15, -0.1) is 0 Å². The molecule has 16 aliphatic rings. The summed E-state index contributed by atoms with van der Waals surface area (Å²) in [5.41, 5.74) is 0.948. The first-order valence-electron chi connectivity index (χ1n) is 32.0. The lowest BCUT2D eigenvalue weighted by molar-refractivity contribution is -0.371. The number of methoxy groups -OCH3 is 1. The third kappa shape index (κ3) is 9.73. The number of ketones is 1. The molecule has 19 heteroatoms. The molecule has 3 spiro atoms. The number of hydrogen-bond acceptors (Lipinski definition) is 19. The van der Waals surface area contributed by atoms with Crippen LogP contribution in [0.25, 0.3) is 0 Å². The van der Waals surface area contributed by atoms with Crippen molar-refractivity contribution in [2.24, 2.45) is 29.6 Å². The van der Waals surface area contributed by atoms with Crippen LogP contribution in [0.3, 0.4) is 0 Å². The van der Waals surface area contributed by atoms with E-state index >= 15 is 0 Å². The molecule has 15 aliphatic heterocycles. The van der Waals surface area contributed by atoms with Gasteiger partial charge in [-0.2, -0.15) is 0 Å². The minimum Gasteiger partial charge on any atom is -0.459 e. The van der Waals surface area contributed by atoms with Crippen molar-refractivity contribution in [2.75, 3.05) is 13.7 Å². The fraction of sp³-hybridized carbons (Fsp3) is 0.905. The first kappa shape index (κ1) is 56.5. The summed E-state index contributed by atoms with van der Waals surface area (Å²) in [5, 5.41) is 23.7. The summed E-state index contributed by atoms with van der Waals surface area (Å²) in [6.45, 7) is 18.2. The second kappa shape index (κ2) is 21.1. The topological polar surface area (TPSA) is 213 Å². The van der Waals surface area contributed by atoms with Gasteiger partial charge in [0.1, 0.15) is 35.8 Å². The maximum atomic E-state index is 14.6. The van der Waals surface area contributed by atoms with E-state index in [2.05, 4.69) is 40.9 Å². The molecule has 456 valence electrons. The third-order valence-corrected chi connectivity index (χ3v) is 22.9. The molecule has 31 atom stereocenters. The molecule has 0 unspecified atom stereocenters. The van der Waals surface area contributed by atoms with Crippen LogP contribution in [0.2, 0.25) is 0 Å². The van der Waals surface area contributed by atoms with E-state index in [1.165, 1.54) is 0 Å². The molecule has 15 heterocycles. The minimum atomic E-state index is -1.18. The first-order valence-corrected chi connectivity index (χ1v) is 32.0. The standard InChI is InChI=1S/C63H90O19/c1-29-16-37-10-11-41-30(2)17-39(69-41)12-14-60-28-50-58(82-60)63(67)25-35-8-9-38(71-56(35)57(81-60)59(63)75-50)19-51(66)76-55-34(6)54-46(72-45(55)21-42(70-37)33(29)5)22-44-48(74-54)26-62(77-44)27-49-53(80-62)32(4)24-61(79-49)23-31(3)52-47(78-61)20-40(65)43(73-52)18-36(64)13-15-68-7/h29,31-32,34-35,37-50,52-59,65,67H,2,5,8-28H2,1,3-4,6-7H3/t29-,31+,32+,34+,35-,37+,38-,39+,40-,41+,42-,43-,44-,45+,46+,47+,48-,49+,50-,52+,53+,54+,55-,56+,57+,58+,59+,60-,61-,62+,63-/m1/s1. The maximum Gasteiger partial charge on any atom is 0.308 e. The Balaban J connectivity index is 0.650. The van der Waals surface area contributed by atoms with Crippen LogP contribution < -0.4 is 0 Å². The van der Waals surface area contributed by atoms with Gasteiger partial charge in [0, 0.05) is 83.7 Å². The van der Waals surface area contributed by atoms with E-state index in [1.54, 1.807) is 7.11 Å². The predicted molar refractivity (Wildman–Crippen MR) is 287 cm³/mol. The predicted octanol–water partition coefficient (Wildman–Crippen LogP) is 6.16. The van der Waals surface area contributed by atoms with E-state index in [9.17, 15) is 19.8 Å². The van der Waals surface area contributed by atoms with Crippen molar-refractivity contribution in [3.63, 3.8) is 0 Å². The number of carbonyl (C=O) groups is 2. The van der Waals surface area contributed by atoms with E-state index in [1.807, 2.05) is 0 Å². The van der Waals surface area contributed by atoms with Crippen LogP contribution in [0, 0.1) is 29.6 Å². The number of esters is 1. The molecule has 2 N–H and O–H groups in total. The molecule has 0 aromatic rings. The molecule has 0 radical (unpaired) electrons. The van der Waals surface area contributed by atoms with Crippen molar-refractivity contribution in [2.45, 2.75) is 313 Å². The van der Waals surface area contributed by atoms with Crippen molar-refractivity contribution in [1.29, 1.82) is 0 Å². The Kier molecular flexibility index (Phi) is 14.5. The molecule has 0 amide bonds. The number of aliphatic hydroxyl groups excluding tert-OH is 1. The average molecular weight is 1150 g/mol. The fourth-order valence-corrected chi connectivity index (χ4v) is 19.0. The summed E-state index contributed by atoms with van der Waals surface area (Å²) in [7, 11) is 1.57. The number of rotatable bonds is 5. The molecule has 1 aliphatic carbocycles. The normalized spacial score (nSPS) is 56.7. The van der Waals surface area contributed by atoms with E-state index in [4.69, 9.17) is 71.1 Å². The largest absolute Gasteiger partial charge is 0.459 e. The van der Waals surface area contributed by atoms with Crippen molar-refractivity contribution >= 4 is 11.8 Å². The highest BCUT2D eigenvalue weighted by atomic mass is 16.8. The van der Waals surface area contributed by atoms with Crippen LogP contribution in [0.15, 0.2) is 24.3 Å². The number of aliphatic hydroxyl groups is 2. The fourth-order valence-electron chi connectivity index (χ4n) is 19.0. The van der Waals surface area contributed by atoms with Gasteiger partial charge in [0.15, 0.2) is 17.4 Å². The number of ether oxygens (including phenoxy) is 15. The summed E-state index contributed by atoms with van der Waals surface area (Å²) >= 11 is 0. The zero-order valence-electron chi connectivity index (χ0n) is 48.7. The van der Waals surface area contributed by atoms with Crippen molar-refractivity contribution in [1.82, 2.24) is 0 Å². The number of Topliss-reactive ketones (excluding diaryl/α,β-unsaturated/α-hetero) is 1. The highest BCUT2D eigenvalue weighted by Gasteiger charge is 2.74. The Bertz CT molecular complexity index is 2480. The van der Waals surface area contributed by atoms with Crippen molar-refractivity contribution in [3.05, 3.63) is 24.3 Å². The molecule has 12 bridgehead atoms. The molecular formula is C63H90O19. The van der Waals surface area contributed by atoms with Gasteiger partial charge in [-0.05, 0) is 86.2 Å². The molecule has 16 fully saturated rings. The van der Waals surface area contributed by atoms with Crippen LogP contribution in [0.1, 0.15) is 156 Å². The van der Waals surface area contributed by atoms with E-state index in [0.717, 1.165) is 49.7 Å². The van der Waals surface area contributed by atoms with Gasteiger partial charge in [0.25, 0.3) is 0 Å². The van der Waals surface area contributed by atoms with Gasteiger partial charge in [-0.3, -0.25) is 9.59 Å². The minimum absolute atomic E-state index is 0.00932. The highest BCUT2D eigenvalue weighted by Crippen LogP contribution is 2.61. The highest BCUT2D eigenvalue weighted by molar-refractivity contribution is 5.79. The number of hydrogen-bond donors (Lipinski definition) is 2. The number of fused-ring (bicyclic) bond motifs is 10. The van der Waals surface area contributed by atoms with Gasteiger partial charge in [0.2, 0.25) is 0 Å². The van der Waals surface area contributed by atoms with E-state index < -0.39 is 77.9 Å². The molecule has 16 rings (SSSR count). The van der Waals surface area contributed by atoms with Gasteiger partial charge < -0.3 is 81.3 Å². The quantitative estimate of drug-likeness (QED) is 0.233. The molecule has 19 nitrogen and oxygen atoms in total. The van der Waals surface area contributed by atoms with Gasteiger partial charge >= 0.3 is 5.97 Å². The summed E-state index contributed by atoms with van der Waals surface area (Å²) < 4.78 is 102. The molecule has 0 aromatic carbocycles. The lowest BCUT2D eigenvalue weighted by Crippen LogP contribution is -2.64. The Morgan fingerprint density at radius 1 is 0.585 bits per heavy atom. The van der Waals surface area contributed by atoms with Crippen LogP contribution >= 0.6 is 0 Å². The molecular weight excluding hydrogens is 1060 g/mol. The maximum absolute atomic E-state index is 14.6. The molecule has 0 aromatic heterocycles. The van der Waals surface area contributed by atoms with Gasteiger partial charge in [-0.25, -0.2) is 0 Å². The van der Waals surface area contributed by atoms with Crippen LogP contribution in [0.5, 0.6) is 0 Å². The lowest BCUT2D eigenvalue weighted by Gasteiger charge is -2.54. The Morgan fingerprint density at radius 2 is 1.30 bits per heavy atom. The first-order chi connectivity index (χ1) is 39.3. The second-order valence-electron chi connectivity index (χ2n) is 28.7. The molecule has 15 saturated heterocycles. The van der Waals surface area contributed by atoms with Gasteiger partial charge in [0.05, 0.1) is 123 Å². The average Bonchev–Trinajstić information content (AvgIpc) is 3.02. The van der Waals surface area contributed by atoms with Crippen LogP contribution in [-0.4, -0.2) is 193 Å². The molecule has 82 heavy (non-hydrogen) atoms. The summed E-state index contributed by atoms with van der Waals surface area (Å²) in [6.07, 6.45) is 2.89. The zero-order chi connectivity index (χ0) is 56.4. The molecule has 1 saturated carbocycles. The lowest BCUT2D eigenvalue weighted by atomic mass is 9.68. The summed E-state index contributed by atoms with van der Waals surface area (Å²) in [4.78, 5) is 27.3. The SMILES string of the molecule is C=C1C[C@@H]2CC[C@@]34C[C@H]5O[C@H]6[C@@H](O3)[C@H]3O[C@H](CC[C@@H]3C[C@@]6(O)[C@H]5O4)CC(=O)O[C@@H]3[C@@H](C)[C@@H]4O[C@@H]5C[C@]6(C[C@@H]7O[C@]8(C[C@H](C)[C@@H]9O[C@H](CC(=O)CCOC)[C@H](O)C[C@@H]9O8)C[C@H](C)[C@@H]7O6)O[C@@H]5C[C@@H]4O[C@H]3C[C@H]3O[C@@H](CC[C@@H]1O2)C[C@@H](C)C3=C. The third-order valence-electron chi connectivity index (χ3n) is 22.9. The summed E-state index contributed by atoms with van der Waals surface area (Å²) in [6, 6.07) is 0. The zero-order valence-corrected chi connectivity index (χ0v) is 48.7. The smallest absolute Gasteiger partial charge is 0.308 e. The van der Waals surface area contributed by atoms with Crippen molar-refractivity contribution < 1.29 is 90.9 Å². The Morgan fingerprint density at radius 3 is 2.15 bits per heavy atom. The Labute approximate surface area is 482 Å². The van der Waals surface area contributed by atoms with E-state index in [-0.39, 0.29) is 140 Å².